The standard InChI is InChI=1S/C18H29N5O4/c1-4-5-6-7-8-12-21-16(19-2)13-17(22-12)23(10-20-13)18-15(26-3)14(25)11(9-24)27-18/h10-11,14-15,18,24-25H,4-9H2,1-3H3,(H,19,21,22)/t11-,14-,15-,18-/m1/s1. The average Bonchev–Trinajstić information content (AvgIpc) is 3.24. The summed E-state index contributed by atoms with van der Waals surface area (Å²) in [4.78, 5) is 13.7. The van der Waals surface area contributed by atoms with Gasteiger partial charge in [-0.2, -0.15) is 0 Å². The molecule has 1 aliphatic rings. The summed E-state index contributed by atoms with van der Waals surface area (Å²) >= 11 is 0. The molecule has 9 heteroatoms. The van der Waals surface area contributed by atoms with E-state index in [9.17, 15) is 10.2 Å². The molecule has 1 fully saturated rings. The number of rotatable bonds is 9. The third-order valence-electron chi connectivity index (χ3n) is 5.00. The van der Waals surface area contributed by atoms with E-state index in [0.29, 0.717) is 17.0 Å². The number of ether oxygens (including phenoxy) is 2. The van der Waals surface area contributed by atoms with E-state index in [-0.39, 0.29) is 6.61 Å². The number of aliphatic hydroxyl groups excluding tert-OH is 2. The van der Waals surface area contributed by atoms with Crippen LogP contribution in [-0.4, -0.2) is 68.8 Å². The van der Waals surface area contributed by atoms with Crippen molar-refractivity contribution in [2.45, 2.75) is 63.6 Å². The molecule has 0 unspecified atom stereocenters. The third kappa shape index (κ3) is 3.91. The molecule has 3 rings (SSSR count). The molecule has 3 N–H and O–H groups in total. The van der Waals surface area contributed by atoms with Gasteiger partial charge < -0.3 is 25.0 Å². The molecule has 4 atom stereocenters. The number of fused-ring (bicyclic) bond motifs is 1. The fourth-order valence-corrected chi connectivity index (χ4v) is 3.49. The van der Waals surface area contributed by atoms with Crippen LogP contribution < -0.4 is 5.32 Å². The molecule has 0 saturated carbocycles. The molecule has 0 radical (unpaired) electrons. The van der Waals surface area contributed by atoms with Crippen molar-refractivity contribution in [1.29, 1.82) is 0 Å². The van der Waals surface area contributed by atoms with Crippen LogP contribution in [0.3, 0.4) is 0 Å². The monoisotopic (exact) mass is 379 g/mol. The van der Waals surface area contributed by atoms with Gasteiger partial charge in [0.05, 0.1) is 12.9 Å². The molecule has 2 aromatic heterocycles. The Balaban J connectivity index is 1.94. The minimum Gasteiger partial charge on any atom is -0.394 e. The van der Waals surface area contributed by atoms with Crippen LogP contribution in [0, 0.1) is 0 Å². The van der Waals surface area contributed by atoms with E-state index < -0.39 is 24.5 Å². The van der Waals surface area contributed by atoms with E-state index >= 15 is 0 Å². The minimum absolute atomic E-state index is 0.288. The molecule has 3 heterocycles. The van der Waals surface area contributed by atoms with Gasteiger partial charge >= 0.3 is 0 Å². The van der Waals surface area contributed by atoms with Gasteiger partial charge in [0.15, 0.2) is 23.2 Å². The highest BCUT2D eigenvalue weighted by Crippen LogP contribution is 2.34. The molecule has 0 aliphatic carbocycles. The number of imidazole rings is 1. The first-order valence-corrected chi connectivity index (χ1v) is 9.52. The highest BCUT2D eigenvalue weighted by atomic mass is 16.6. The number of methoxy groups -OCH3 is 1. The summed E-state index contributed by atoms with van der Waals surface area (Å²) in [7, 11) is 3.31. The number of aromatic nitrogens is 4. The van der Waals surface area contributed by atoms with Crippen molar-refractivity contribution >= 4 is 17.0 Å². The number of hydrogen-bond donors (Lipinski definition) is 3. The van der Waals surface area contributed by atoms with Gasteiger partial charge in [-0.3, -0.25) is 4.57 Å². The molecule has 0 aromatic carbocycles. The van der Waals surface area contributed by atoms with Crippen LogP contribution in [0.2, 0.25) is 0 Å². The highest BCUT2D eigenvalue weighted by Gasteiger charge is 2.45. The summed E-state index contributed by atoms with van der Waals surface area (Å²) in [5.41, 5.74) is 1.26. The minimum atomic E-state index is -0.929. The first kappa shape index (κ1) is 19.9. The van der Waals surface area contributed by atoms with Crippen LogP contribution in [0.4, 0.5) is 5.82 Å². The van der Waals surface area contributed by atoms with Gasteiger partial charge in [-0.05, 0) is 6.42 Å². The molecule has 27 heavy (non-hydrogen) atoms. The summed E-state index contributed by atoms with van der Waals surface area (Å²) < 4.78 is 13.0. The Morgan fingerprint density at radius 1 is 1.30 bits per heavy atom. The maximum absolute atomic E-state index is 10.3. The van der Waals surface area contributed by atoms with Gasteiger partial charge in [-0.25, -0.2) is 15.0 Å². The summed E-state index contributed by atoms with van der Waals surface area (Å²) in [6.45, 7) is 1.89. The molecular weight excluding hydrogens is 350 g/mol. The average molecular weight is 379 g/mol. The van der Waals surface area contributed by atoms with E-state index in [2.05, 4.69) is 22.2 Å². The van der Waals surface area contributed by atoms with Gasteiger partial charge in [-0.15, -0.1) is 0 Å². The van der Waals surface area contributed by atoms with Crippen LogP contribution >= 0.6 is 0 Å². The Bertz CT molecular complexity index is 753. The third-order valence-corrected chi connectivity index (χ3v) is 5.00. The number of anilines is 1. The van der Waals surface area contributed by atoms with E-state index in [4.69, 9.17) is 14.5 Å². The van der Waals surface area contributed by atoms with Crippen molar-refractivity contribution in [1.82, 2.24) is 19.5 Å². The number of aliphatic hydroxyl groups is 2. The van der Waals surface area contributed by atoms with Gasteiger partial charge in [0.25, 0.3) is 0 Å². The Kier molecular flexibility index (Phi) is 6.59. The lowest BCUT2D eigenvalue weighted by molar-refractivity contribution is -0.0583. The van der Waals surface area contributed by atoms with Crippen LogP contribution in [0.15, 0.2) is 6.33 Å². The van der Waals surface area contributed by atoms with E-state index in [1.807, 2.05) is 0 Å². The lowest BCUT2D eigenvalue weighted by atomic mass is 10.1. The van der Waals surface area contributed by atoms with Gasteiger partial charge in [-0.1, -0.05) is 26.2 Å². The van der Waals surface area contributed by atoms with Crippen molar-refractivity contribution in [2.75, 3.05) is 26.1 Å². The maximum Gasteiger partial charge on any atom is 0.167 e. The number of hydrogen-bond acceptors (Lipinski definition) is 8. The topological polar surface area (TPSA) is 115 Å². The van der Waals surface area contributed by atoms with Crippen molar-refractivity contribution in [3.63, 3.8) is 0 Å². The number of unbranched alkanes of at least 4 members (excludes halogenated alkanes) is 3. The zero-order chi connectivity index (χ0) is 19.4. The van der Waals surface area contributed by atoms with Crippen molar-refractivity contribution in [3.05, 3.63) is 12.2 Å². The van der Waals surface area contributed by atoms with Crippen LogP contribution in [0.1, 0.15) is 44.7 Å². The van der Waals surface area contributed by atoms with Gasteiger partial charge in [0.2, 0.25) is 0 Å². The summed E-state index contributed by atoms with van der Waals surface area (Å²) in [5.74, 6) is 1.41. The summed E-state index contributed by atoms with van der Waals surface area (Å²) in [6.07, 6.45) is 4.07. The normalized spacial score (nSPS) is 25.4. The second kappa shape index (κ2) is 8.92. The first-order valence-electron chi connectivity index (χ1n) is 9.52. The number of aryl methyl sites for hydroxylation is 1. The second-order valence-electron chi connectivity index (χ2n) is 6.81. The number of nitrogens with zero attached hydrogens (tertiary/aromatic N) is 4. The fraction of sp³-hybridized carbons (Fsp3) is 0.722. The molecule has 1 saturated heterocycles. The second-order valence-corrected chi connectivity index (χ2v) is 6.81. The molecule has 1 aliphatic heterocycles. The number of nitrogens with one attached hydrogen (secondary N) is 1. The molecule has 2 aromatic rings. The molecule has 9 nitrogen and oxygen atoms in total. The lowest BCUT2D eigenvalue weighted by Crippen LogP contribution is -2.34. The first-order chi connectivity index (χ1) is 13.1. The van der Waals surface area contributed by atoms with Gasteiger partial charge in [0, 0.05) is 20.6 Å². The molecule has 0 amide bonds. The largest absolute Gasteiger partial charge is 0.394 e. The lowest BCUT2D eigenvalue weighted by Gasteiger charge is -2.20. The highest BCUT2D eigenvalue weighted by molar-refractivity contribution is 5.83. The zero-order valence-corrected chi connectivity index (χ0v) is 16.1. The van der Waals surface area contributed by atoms with Crippen molar-refractivity contribution in [2.24, 2.45) is 0 Å². The van der Waals surface area contributed by atoms with Crippen LogP contribution in [0.25, 0.3) is 11.2 Å². The Morgan fingerprint density at radius 2 is 2.11 bits per heavy atom. The predicted octanol–water partition coefficient (Wildman–Crippen LogP) is 1.26. The summed E-state index contributed by atoms with van der Waals surface area (Å²) in [6, 6.07) is 0. The van der Waals surface area contributed by atoms with E-state index in [1.54, 1.807) is 17.9 Å². The molecular formula is C18H29N5O4. The van der Waals surface area contributed by atoms with E-state index in [1.165, 1.54) is 20.0 Å². The quantitative estimate of drug-likeness (QED) is 0.558. The summed E-state index contributed by atoms with van der Waals surface area (Å²) in [5, 5.41) is 22.8. The van der Waals surface area contributed by atoms with Crippen LogP contribution in [-0.2, 0) is 15.9 Å². The predicted molar refractivity (Wildman–Crippen MR) is 101 cm³/mol. The maximum atomic E-state index is 10.3. The Morgan fingerprint density at radius 3 is 2.78 bits per heavy atom. The Labute approximate surface area is 158 Å². The SMILES string of the molecule is CCCCCCc1nc(NC)c2ncn([C@@H]3O[C@H](CO)[C@@H](O)[C@H]3OC)c2n1. The van der Waals surface area contributed by atoms with Gasteiger partial charge in [0.1, 0.15) is 24.1 Å². The zero-order valence-electron chi connectivity index (χ0n) is 16.1. The van der Waals surface area contributed by atoms with E-state index in [0.717, 1.165) is 25.1 Å². The molecule has 0 bridgehead atoms. The van der Waals surface area contributed by atoms with Crippen LogP contribution in [0.5, 0.6) is 0 Å². The smallest absolute Gasteiger partial charge is 0.167 e. The fourth-order valence-electron chi connectivity index (χ4n) is 3.49. The molecule has 0 spiro atoms. The Hall–Kier alpha value is -1.81. The van der Waals surface area contributed by atoms with Crippen molar-refractivity contribution in [3.8, 4) is 0 Å². The molecule has 150 valence electrons. The van der Waals surface area contributed by atoms with Crippen molar-refractivity contribution < 1.29 is 19.7 Å².